The summed E-state index contributed by atoms with van der Waals surface area (Å²) in [5, 5.41) is 7.57. The number of fused-ring (bicyclic) bond motifs is 1. The number of nitrogens with zero attached hydrogens (tertiary/aromatic N) is 3. The molecule has 0 radical (unpaired) electrons. The van der Waals surface area contributed by atoms with Gasteiger partial charge in [0.15, 0.2) is 0 Å². The molecule has 2 heterocycles. The zero-order valence-electron chi connectivity index (χ0n) is 16.4. The number of amides is 1. The lowest BCUT2D eigenvalue weighted by atomic mass is 10.1. The van der Waals surface area contributed by atoms with Gasteiger partial charge in [-0.15, -0.1) is 0 Å². The molecule has 4 aromatic rings. The Morgan fingerprint density at radius 3 is 2.66 bits per heavy atom. The third kappa shape index (κ3) is 4.10. The summed E-state index contributed by atoms with van der Waals surface area (Å²) in [6.07, 6.45) is 1.59. The predicted molar refractivity (Wildman–Crippen MR) is 117 cm³/mol. The zero-order valence-corrected chi connectivity index (χ0v) is 18.0. The number of para-hydroxylation sites is 2. The van der Waals surface area contributed by atoms with E-state index in [4.69, 9.17) is 0 Å². The summed E-state index contributed by atoms with van der Waals surface area (Å²) in [5.74, 6) is 0.851. The number of aryl methyl sites for hydroxylation is 2. The Labute approximate surface area is 177 Å². The molecular formula is C22H22BrN5O. The number of imidazole rings is 1. The smallest absolute Gasteiger partial charge is 0.255 e. The SMILES string of the molecule is Cc1nn(-c2ccc(Br)cc2)c(C)c1C(=O)NCCCc1nc2ccccc2[nH]1. The Kier molecular flexibility index (Phi) is 5.49. The topological polar surface area (TPSA) is 75.6 Å². The van der Waals surface area contributed by atoms with Crippen LogP contribution >= 0.6 is 15.9 Å². The van der Waals surface area contributed by atoms with E-state index in [2.05, 4.69) is 36.3 Å². The van der Waals surface area contributed by atoms with Crippen LogP contribution in [0.2, 0.25) is 0 Å². The molecule has 2 N–H and O–H groups in total. The van der Waals surface area contributed by atoms with E-state index in [1.54, 1.807) is 0 Å². The molecule has 4 rings (SSSR count). The van der Waals surface area contributed by atoms with Gasteiger partial charge in [0.1, 0.15) is 5.82 Å². The molecule has 0 atom stereocenters. The lowest BCUT2D eigenvalue weighted by Gasteiger charge is -2.07. The van der Waals surface area contributed by atoms with E-state index in [0.29, 0.717) is 12.1 Å². The van der Waals surface area contributed by atoms with Gasteiger partial charge in [0.2, 0.25) is 0 Å². The van der Waals surface area contributed by atoms with E-state index in [0.717, 1.165) is 51.2 Å². The molecule has 6 nitrogen and oxygen atoms in total. The highest BCUT2D eigenvalue weighted by atomic mass is 79.9. The monoisotopic (exact) mass is 451 g/mol. The first-order valence-electron chi connectivity index (χ1n) is 9.57. The minimum absolute atomic E-state index is 0.0898. The summed E-state index contributed by atoms with van der Waals surface area (Å²) < 4.78 is 2.82. The fraction of sp³-hybridized carbons (Fsp3) is 0.227. The lowest BCUT2D eigenvalue weighted by molar-refractivity contribution is 0.0952. The molecule has 148 valence electrons. The third-order valence-electron chi connectivity index (χ3n) is 4.90. The summed E-state index contributed by atoms with van der Waals surface area (Å²) in [4.78, 5) is 20.6. The second-order valence-electron chi connectivity index (χ2n) is 6.99. The van der Waals surface area contributed by atoms with E-state index in [1.807, 2.05) is 67.1 Å². The minimum atomic E-state index is -0.0898. The number of carbonyl (C=O) groups is 1. The molecule has 0 fully saturated rings. The van der Waals surface area contributed by atoms with Gasteiger partial charge in [-0.1, -0.05) is 28.1 Å². The minimum Gasteiger partial charge on any atom is -0.352 e. The first kappa shape index (κ1) is 19.4. The molecule has 2 aromatic heterocycles. The van der Waals surface area contributed by atoms with Crippen molar-refractivity contribution in [2.24, 2.45) is 0 Å². The predicted octanol–water partition coefficient (Wildman–Crippen LogP) is 4.49. The third-order valence-corrected chi connectivity index (χ3v) is 5.43. The maximum Gasteiger partial charge on any atom is 0.255 e. The van der Waals surface area contributed by atoms with Crippen molar-refractivity contribution in [1.29, 1.82) is 0 Å². The van der Waals surface area contributed by atoms with Crippen molar-refractivity contribution in [2.75, 3.05) is 6.54 Å². The highest BCUT2D eigenvalue weighted by Gasteiger charge is 2.19. The van der Waals surface area contributed by atoms with Crippen molar-refractivity contribution in [1.82, 2.24) is 25.1 Å². The van der Waals surface area contributed by atoms with Crippen LogP contribution in [0.15, 0.2) is 53.0 Å². The standard InChI is InChI=1S/C22H22BrN5O/c1-14-21(15(2)28(27-14)17-11-9-16(23)10-12-17)22(29)24-13-5-8-20-25-18-6-3-4-7-19(18)26-20/h3-4,6-7,9-12H,5,8,13H2,1-2H3,(H,24,29)(H,25,26). The van der Waals surface area contributed by atoms with Gasteiger partial charge >= 0.3 is 0 Å². The fourth-order valence-corrected chi connectivity index (χ4v) is 3.74. The molecule has 0 aliphatic rings. The second-order valence-corrected chi connectivity index (χ2v) is 7.91. The van der Waals surface area contributed by atoms with E-state index in [9.17, 15) is 4.79 Å². The van der Waals surface area contributed by atoms with Crippen LogP contribution in [0.1, 0.15) is 34.0 Å². The Balaban J connectivity index is 1.39. The molecule has 0 aliphatic heterocycles. The van der Waals surface area contributed by atoms with Crippen molar-refractivity contribution in [3.63, 3.8) is 0 Å². The molecule has 29 heavy (non-hydrogen) atoms. The van der Waals surface area contributed by atoms with Crippen molar-refractivity contribution in [3.05, 3.63) is 75.8 Å². The number of aromatic amines is 1. The Morgan fingerprint density at radius 1 is 1.14 bits per heavy atom. The van der Waals surface area contributed by atoms with Gasteiger partial charge in [-0.25, -0.2) is 9.67 Å². The molecular weight excluding hydrogens is 430 g/mol. The first-order chi connectivity index (χ1) is 14.0. The molecule has 0 bridgehead atoms. The summed E-state index contributed by atoms with van der Waals surface area (Å²) >= 11 is 3.44. The van der Waals surface area contributed by atoms with E-state index in [1.165, 1.54) is 0 Å². The van der Waals surface area contributed by atoms with Gasteiger partial charge in [0, 0.05) is 17.4 Å². The molecule has 7 heteroatoms. The lowest BCUT2D eigenvalue weighted by Crippen LogP contribution is -2.26. The molecule has 2 aromatic carbocycles. The van der Waals surface area contributed by atoms with Crippen molar-refractivity contribution >= 4 is 32.9 Å². The molecule has 0 saturated heterocycles. The summed E-state index contributed by atoms with van der Waals surface area (Å²) in [5.41, 5.74) is 5.13. The fourth-order valence-electron chi connectivity index (χ4n) is 3.48. The van der Waals surface area contributed by atoms with Crippen molar-refractivity contribution in [3.8, 4) is 5.69 Å². The average Bonchev–Trinajstić information content (AvgIpc) is 3.25. The Bertz CT molecular complexity index is 1130. The van der Waals surface area contributed by atoms with Crippen molar-refractivity contribution in [2.45, 2.75) is 26.7 Å². The van der Waals surface area contributed by atoms with Gasteiger partial charge in [-0.05, 0) is 56.7 Å². The Hall–Kier alpha value is -2.93. The van der Waals surface area contributed by atoms with Crippen LogP contribution in [0.3, 0.4) is 0 Å². The maximum atomic E-state index is 12.7. The highest BCUT2D eigenvalue weighted by Crippen LogP contribution is 2.20. The van der Waals surface area contributed by atoms with Gasteiger partial charge in [-0.3, -0.25) is 4.79 Å². The van der Waals surface area contributed by atoms with E-state index in [-0.39, 0.29) is 5.91 Å². The van der Waals surface area contributed by atoms with Crippen LogP contribution < -0.4 is 5.32 Å². The number of H-pyrrole nitrogens is 1. The summed E-state index contributed by atoms with van der Waals surface area (Å²) in [6, 6.07) is 15.8. The van der Waals surface area contributed by atoms with Crippen molar-refractivity contribution < 1.29 is 4.79 Å². The number of hydrogen-bond acceptors (Lipinski definition) is 3. The first-order valence-corrected chi connectivity index (χ1v) is 10.4. The van der Waals surface area contributed by atoms with E-state index >= 15 is 0 Å². The van der Waals surface area contributed by atoms with E-state index < -0.39 is 0 Å². The van der Waals surface area contributed by atoms with Crippen LogP contribution in [-0.4, -0.2) is 32.2 Å². The van der Waals surface area contributed by atoms with Crippen LogP contribution in [0.4, 0.5) is 0 Å². The number of nitrogens with one attached hydrogen (secondary N) is 2. The van der Waals surface area contributed by atoms with Crippen LogP contribution in [0.25, 0.3) is 16.7 Å². The number of hydrogen-bond donors (Lipinski definition) is 2. The largest absolute Gasteiger partial charge is 0.352 e. The van der Waals surface area contributed by atoms with Crippen LogP contribution in [0, 0.1) is 13.8 Å². The quantitative estimate of drug-likeness (QED) is 0.424. The summed E-state index contributed by atoms with van der Waals surface area (Å²) in [7, 11) is 0. The van der Waals surface area contributed by atoms with Crippen LogP contribution in [0.5, 0.6) is 0 Å². The van der Waals surface area contributed by atoms with Gasteiger partial charge in [0.25, 0.3) is 5.91 Å². The Morgan fingerprint density at radius 2 is 1.90 bits per heavy atom. The highest BCUT2D eigenvalue weighted by molar-refractivity contribution is 9.10. The number of carbonyl (C=O) groups excluding carboxylic acids is 1. The van der Waals surface area contributed by atoms with Gasteiger partial charge in [-0.2, -0.15) is 5.10 Å². The number of halogens is 1. The molecule has 0 spiro atoms. The van der Waals surface area contributed by atoms with Crippen LogP contribution in [-0.2, 0) is 6.42 Å². The number of benzene rings is 2. The normalized spacial score (nSPS) is 11.1. The van der Waals surface area contributed by atoms with Gasteiger partial charge < -0.3 is 10.3 Å². The number of aromatic nitrogens is 4. The molecule has 0 aliphatic carbocycles. The average molecular weight is 452 g/mol. The number of rotatable bonds is 6. The molecule has 0 saturated carbocycles. The zero-order chi connectivity index (χ0) is 20.4. The molecule has 0 unspecified atom stereocenters. The summed E-state index contributed by atoms with van der Waals surface area (Å²) in [6.45, 7) is 4.37. The van der Waals surface area contributed by atoms with Gasteiger partial charge in [0.05, 0.1) is 33.7 Å². The molecule has 1 amide bonds. The second kappa shape index (κ2) is 8.21. The maximum absolute atomic E-state index is 12.7.